The van der Waals surface area contributed by atoms with Crippen molar-refractivity contribution in [2.75, 3.05) is 0 Å². The quantitative estimate of drug-likeness (QED) is 0.613. The van der Waals surface area contributed by atoms with Crippen LogP contribution in [0.2, 0.25) is 0 Å². The van der Waals surface area contributed by atoms with Gasteiger partial charge in [0, 0.05) is 0 Å². The lowest BCUT2D eigenvalue weighted by atomic mass is 9.89. The van der Waals surface area contributed by atoms with Crippen LogP contribution in [0.15, 0.2) is 35.5 Å². The molecule has 0 aromatic carbocycles. The van der Waals surface area contributed by atoms with Crippen LogP contribution in [-0.2, 0) is 0 Å². The average molecular weight is 218 g/mol. The first-order valence-electron chi connectivity index (χ1n) is 6.60. The van der Waals surface area contributed by atoms with Gasteiger partial charge in [0.25, 0.3) is 0 Å². The highest BCUT2D eigenvalue weighted by Gasteiger charge is 2.13. The molecule has 0 aromatic rings. The molecule has 0 N–H and O–H groups in total. The molecule has 0 saturated carbocycles. The number of rotatable bonds is 4. The number of allylic oxidation sites excluding steroid dienone is 6. The second-order valence-electron chi connectivity index (χ2n) is 5.55. The van der Waals surface area contributed by atoms with Crippen LogP contribution in [0, 0.1) is 17.8 Å². The van der Waals surface area contributed by atoms with E-state index in [-0.39, 0.29) is 0 Å². The summed E-state index contributed by atoms with van der Waals surface area (Å²) in [5.74, 6) is 2.11. The molecular formula is C16H26. The van der Waals surface area contributed by atoms with Crippen molar-refractivity contribution in [1.29, 1.82) is 0 Å². The molecule has 1 aliphatic rings. The van der Waals surface area contributed by atoms with E-state index >= 15 is 0 Å². The van der Waals surface area contributed by atoms with E-state index in [1.54, 1.807) is 0 Å². The van der Waals surface area contributed by atoms with Crippen LogP contribution < -0.4 is 0 Å². The second kappa shape index (κ2) is 6.08. The lowest BCUT2D eigenvalue weighted by molar-refractivity contribution is 0.480. The van der Waals surface area contributed by atoms with Gasteiger partial charge in [0.2, 0.25) is 0 Å². The van der Waals surface area contributed by atoms with E-state index in [1.807, 2.05) is 0 Å². The molecule has 0 fully saturated rings. The van der Waals surface area contributed by atoms with Crippen molar-refractivity contribution in [2.24, 2.45) is 17.8 Å². The Labute approximate surface area is 101 Å². The summed E-state index contributed by atoms with van der Waals surface area (Å²) in [4.78, 5) is 0. The molecule has 0 radical (unpaired) electrons. The van der Waals surface area contributed by atoms with Gasteiger partial charge in [0.05, 0.1) is 0 Å². The molecule has 0 spiro atoms. The standard InChI is InChI=1S/C16H26/c1-6-14(5)16-8-7-13(4)10-15(11-16)9-12(2)3/h7-8,10-12,14,16H,6,9H2,1-5H3. The lowest BCUT2D eigenvalue weighted by Crippen LogP contribution is -2.06. The molecule has 0 aromatic heterocycles. The minimum atomic E-state index is 0.618. The molecule has 2 atom stereocenters. The van der Waals surface area contributed by atoms with E-state index in [0.29, 0.717) is 5.92 Å². The highest BCUT2D eigenvalue weighted by atomic mass is 14.2. The summed E-state index contributed by atoms with van der Waals surface area (Å²) < 4.78 is 0. The molecule has 0 nitrogen and oxygen atoms in total. The fourth-order valence-corrected chi connectivity index (χ4v) is 2.18. The maximum absolute atomic E-state index is 2.47. The van der Waals surface area contributed by atoms with Gasteiger partial charge in [-0.2, -0.15) is 0 Å². The van der Waals surface area contributed by atoms with Crippen LogP contribution >= 0.6 is 0 Å². The zero-order chi connectivity index (χ0) is 12.1. The van der Waals surface area contributed by atoms with Crippen molar-refractivity contribution in [3.05, 3.63) is 35.5 Å². The van der Waals surface area contributed by atoms with Crippen molar-refractivity contribution in [3.63, 3.8) is 0 Å². The minimum Gasteiger partial charge on any atom is -0.0771 e. The molecule has 16 heavy (non-hydrogen) atoms. The average Bonchev–Trinajstić information content (AvgIpc) is 2.38. The van der Waals surface area contributed by atoms with Crippen LogP contribution in [0.25, 0.3) is 0 Å². The number of hydrogen-bond donors (Lipinski definition) is 0. The van der Waals surface area contributed by atoms with Gasteiger partial charge in [0.1, 0.15) is 0 Å². The van der Waals surface area contributed by atoms with Gasteiger partial charge in [0.15, 0.2) is 0 Å². The summed E-state index contributed by atoms with van der Waals surface area (Å²) in [5.41, 5.74) is 2.90. The monoisotopic (exact) mass is 218 g/mol. The van der Waals surface area contributed by atoms with E-state index in [9.17, 15) is 0 Å². The van der Waals surface area contributed by atoms with E-state index in [2.05, 4.69) is 58.9 Å². The molecule has 0 aliphatic heterocycles. The predicted molar refractivity (Wildman–Crippen MR) is 73.4 cm³/mol. The van der Waals surface area contributed by atoms with Crippen LogP contribution in [0.5, 0.6) is 0 Å². The Morgan fingerprint density at radius 2 is 1.94 bits per heavy atom. The maximum Gasteiger partial charge on any atom is -0.00189 e. The van der Waals surface area contributed by atoms with Crippen molar-refractivity contribution < 1.29 is 0 Å². The molecule has 90 valence electrons. The fraction of sp³-hybridized carbons (Fsp3) is 0.625. The molecule has 0 heterocycles. The van der Waals surface area contributed by atoms with Gasteiger partial charge in [-0.25, -0.2) is 0 Å². The summed E-state index contributed by atoms with van der Waals surface area (Å²) in [5, 5.41) is 0. The van der Waals surface area contributed by atoms with Crippen LogP contribution in [0.4, 0.5) is 0 Å². The number of hydrogen-bond acceptors (Lipinski definition) is 0. The van der Waals surface area contributed by atoms with Gasteiger partial charge in [-0.05, 0) is 31.1 Å². The predicted octanol–water partition coefficient (Wildman–Crippen LogP) is 5.14. The van der Waals surface area contributed by atoms with Crippen molar-refractivity contribution in [1.82, 2.24) is 0 Å². The SMILES string of the molecule is CCC(C)C1C=CC(C)=CC(CC(C)C)=C1. The third-order valence-electron chi connectivity index (χ3n) is 3.35. The summed E-state index contributed by atoms with van der Waals surface area (Å²) in [6.07, 6.45) is 11.9. The van der Waals surface area contributed by atoms with Gasteiger partial charge in [-0.3, -0.25) is 0 Å². The van der Waals surface area contributed by atoms with Crippen LogP contribution in [0.1, 0.15) is 47.5 Å². The Kier molecular flexibility index (Phi) is 5.05. The van der Waals surface area contributed by atoms with Gasteiger partial charge >= 0.3 is 0 Å². The zero-order valence-corrected chi connectivity index (χ0v) is 11.5. The Bertz CT molecular complexity index is 302. The van der Waals surface area contributed by atoms with E-state index in [1.165, 1.54) is 24.0 Å². The van der Waals surface area contributed by atoms with E-state index in [0.717, 1.165) is 11.8 Å². The van der Waals surface area contributed by atoms with Crippen LogP contribution in [-0.4, -0.2) is 0 Å². The highest BCUT2D eigenvalue weighted by Crippen LogP contribution is 2.26. The normalized spacial score (nSPS) is 22.8. The summed E-state index contributed by atoms with van der Waals surface area (Å²) in [7, 11) is 0. The summed E-state index contributed by atoms with van der Waals surface area (Å²) in [6.45, 7) is 11.4. The zero-order valence-electron chi connectivity index (χ0n) is 11.5. The van der Waals surface area contributed by atoms with Crippen molar-refractivity contribution >= 4 is 0 Å². The first-order chi connectivity index (χ1) is 7.52. The summed E-state index contributed by atoms with van der Waals surface area (Å²) in [6, 6.07) is 0. The van der Waals surface area contributed by atoms with Gasteiger partial charge < -0.3 is 0 Å². The Hall–Kier alpha value is -0.780. The highest BCUT2D eigenvalue weighted by molar-refractivity contribution is 5.34. The van der Waals surface area contributed by atoms with E-state index < -0.39 is 0 Å². The molecule has 2 unspecified atom stereocenters. The lowest BCUT2D eigenvalue weighted by Gasteiger charge is -2.16. The van der Waals surface area contributed by atoms with Gasteiger partial charge in [-0.1, -0.05) is 69.6 Å². The maximum atomic E-state index is 2.47. The minimum absolute atomic E-state index is 0.618. The first kappa shape index (κ1) is 13.3. The Morgan fingerprint density at radius 3 is 2.50 bits per heavy atom. The Balaban J connectivity index is 2.86. The molecule has 0 heteroatoms. The van der Waals surface area contributed by atoms with Gasteiger partial charge in [-0.15, -0.1) is 0 Å². The molecule has 1 aliphatic carbocycles. The van der Waals surface area contributed by atoms with E-state index in [4.69, 9.17) is 0 Å². The third-order valence-corrected chi connectivity index (χ3v) is 3.35. The largest absolute Gasteiger partial charge is 0.0771 e. The smallest absolute Gasteiger partial charge is 0.00189 e. The van der Waals surface area contributed by atoms with Crippen molar-refractivity contribution in [3.8, 4) is 0 Å². The first-order valence-corrected chi connectivity index (χ1v) is 6.60. The molecule has 0 bridgehead atoms. The topological polar surface area (TPSA) is 0 Å². The molecule has 1 rings (SSSR count). The molecule has 0 saturated heterocycles. The van der Waals surface area contributed by atoms with Crippen LogP contribution in [0.3, 0.4) is 0 Å². The molecule has 0 amide bonds. The second-order valence-corrected chi connectivity index (χ2v) is 5.55. The molecular weight excluding hydrogens is 192 g/mol. The Morgan fingerprint density at radius 1 is 1.25 bits per heavy atom. The fourth-order valence-electron chi connectivity index (χ4n) is 2.18. The van der Waals surface area contributed by atoms with Crippen molar-refractivity contribution in [2.45, 2.75) is 47.5 Å². The summed E-state index contributed by atoms with van der Waals surface area (Å²) >= 11 is 0. The third kappa shape index (κ3) is 4.00.